The second-order valence-corrected chi connectivity index (χ2v) is 18.1. The molecule has 362 valence electrons. The molecule has 0 aromatic heterocycles. The third-order valence-electron chi connectivity index (χ3n) is 11.8. The summed E-state index contributed by atoms with van der Waals surface area (Å²) in [5.74, 6) is -0.398. The number of ether oxygens (including phenoxy) is 3. The Hall–Kier alpha value is -2.14. The third-order valence-corrected chi connectivity index (χ3v) is 11.8. The summed E-state index contributed by atoms with van der Waals surface area (Å²) >= 11 is 0. The number of unbranched alkanes of at least 4 members (excludes halogenated alkanes) is 31. The van der Waals surface area contributed by atoms with Gasteiger partial charge in [0.1, 0.15) is 6.61 Å². The molecule has 5 heteroatoms. The third kappa shape index (κ3) is 50.5. The maximum absolute atomic E-state index is 12.8. The van der Waals surface area contributed by atoms with Crippen LogP contribution in [0.1, 0.15) is 278 Å². The molecule has 0 saturated heterocycles. The first-order valence-electron chi connectivity index (χ1n) is 27.2. The lowest BCUT2D eigenvalue weighted by Gasteiger charge is -2.18. The molecule has 1 unspecified atom stereocenters. The van der Waals surface area contributed by atoms with Gasteiger partial charge in [-0.25, -0.2) is 0 Å². The van der Waals surface area contributed by atoms with Gasteiger partial charge >= 0.3 is 11.9 Å². The highest BCUT2D eigenvalue weighted by Crippen LogP contribution is 2.16. The van der Waals surface area contributed by atoms with E-state index in [0.717, 1.165) is 70.6 Å². The fourth-order valence-corrected chi connectivity index (χ4v) is 7.81. The molecule has 0 rings (SSSR count). The number of esters is 2. The summed E-state index contributed by atoms with van der Waals surface area (Å²) in [5.41, 5.74) is 0. The molecule has 0 saturated carbocycles. The van der Waals surface area contributed by atoms with E-state index in [-0.39, 0.29) is 25.2 Å². The molecule has 0 radical (unpaired) electrons. The minimum Gasteiger partial charge on any atom is -0.462 e. The molecule has 1 atom stereocenters. The number of hydrogen-bond acceptors (Lipinski definition) is 5. The largest absolute Gasteiger partial charge is 0.462 e. The van der Waals surface area contributed by atoms with Gasteiger partial charge < -0.3 is 14.2 Å². The van der Waals surface area contributed by atoms with Gasteiger partial charge in [-0.05, 0) is 77.0 Å². The average molecular weight is 869 g/mol. The number of carbonyl (C=O) groups excluding carboxylic acids is 2. The first-order chi connectivity index (χ1) is 30.6. The summed E-state index contributed by atoms with van der Waals surface area (Å²) < 4.78 is 17.4. The van der Waals surface area contributed by atoms with E-state index in [1.54, 1.807) is 0 Å². The normalized spacial score (nSPS) is 12.5. The molecular weight excluding hydrogens is 765 g/mol. The first kappa shape index (κ1) is 59.9. The van der Waals surface area contributed by atoms with E-state index in [0.29, 0.717) is 19.4 Å². The van der Waals surface area contributed by atoms with Crippen molar-refractivity contribution in [3.8, 4) is 0 Å². The first-order valence-corrected chi connectivity index (χ1v) is 27.2. The predicted octanol–water partition coefficient (Wildman–Crippen LogP) is 18.3. The highest BCUT2D eigenvalue weighted by atomic mass is 16.6. The number of hydrogen-bond donors (Lipinski definition) is 0. The molecule has 0 amide bonds. The van der Waals surface area contributed by atoms with Gasteiger partial charge in [-0.15, -0.1) is 0 Å². The van der Waals surface area contributed by atoms with Gasteiger partial charge in [-0.3, -0.25) is 9.59 Å². The van der Waals surface area contributed by atoms with Crippen molar-refractivity contribution in [3.05, 3.63) is 48.6 Å². The van der Waals surface area contributed by atoms with Gasteiger partial charge in [0.15, 0.2) is 6.10 Å². The van der Waals surface area contributed by atoms with Crippen LogP contribution in [0.25, 0.3) is 0 Å². The lowest BCUT2D eigenvalue weighted by molar-refractivity contribution is -0.163. The lowest BCUT2D eigenvalue weighted by Crippen LogP contribution is -2.30. The fourth-order valence-electron chi connectivity index (χ4n) is 7.81. The average Bonchev–Trinajstić information content (AvgIpc) is 3.27. The maximum Gasteiger partial charge on any atom is 0.306 e. The number of carbonyl (C=O) groups is 2. The summed E-state index contributed by atoms with van der Waals surface area (Å²) in [6.45, 7) is 7.72. The second-order valence-electron chi connectivity index (χ2n) is 18.1. The van der Waals surface area contributed by atoms with E-state index in [9.17, 15) is 9.59 Å². The van der Waals surface area contributed by atoms with Crippen molar-refractivity contribution in [1.29, 1.82) is 0 Å². The Kier molecular flexibility index (Phi) is 51.4. The summed E-state index contributed by atoms with van der Waals surface area (Å²) in [5, 5.41) is 0. The van der Waals surface area contributed by atoms with Crippen LogP contribution in [0.3, 0.4) is 0 Å². The molecule has 0 heterocycles. The Balaban J connectivity index is 4.26. The van der Waals surface area contributed by atoms with Crippen molar-refractivity contribution < 1.29 is 23.8 Å². The standard InChI is InChI=1S/C57H104O5/c1-4-7-10-13-16-19-22-25-28-29-31-32-35-38-41-44-47-50-56(58)61-54-55(53-60-52-49-46-43-40-37-34-27-24-21-18-15-12-9-6-3)62-57(59)51-48-45-42-39-36-33-30-26-23-20-17-14-11-8-5-2/h7,10,16,19,21,24-25,28,55H,4-6,8-9,11-15,17-18,20,22-23,26-27,29-54H2,1-3H3/b10-7-,19-16-,24-21-,28-25-. The Labute approximate surface area is 386 Å². The van der Waals surface area contributed by atoms with Crippen molar-refractivity contribution >= 4 is 11.9 Å². The molecule has 0 N–H and O–H groups in total. The summed E-state index contributed by atoms with van der Waals surface area (Å²) in [7, 11) is 0. The molecule has 0 fully saturated rings. The molecule has 0 spiro atoms. The topological polar surface area (TPSA) is 61.8 Å². The van der Waals surface area contributed by atoms with Crippen LogP contribution in [0.5, 0.6) is 0 Å². The molecule has 0 aromatic carbocycles. The van der Waals surface area contributed by atoms with Crippen molar-refractivity contribution in [2.45, 2.75) is 284 Å². The van der Waals surface area contributed by atoms with Crippen LogP contribution in [0.4, 0.5) is 0 Å². The number of rotatable bonds is 50. The van der Waals surface area contributed by atoms with Gasteiger partial charge in [-0.2, -0.15) is 0 Å². The predicted molar refractivity (Wildman–Crippen MR) is 270 cm³/mol. The highest BCUT2D eigenvalue weighted by Gasteiger charge is 2.17. The molecule has 0 aromatic rings. The summed E-state index contributed by atoms with van der Waals surface area (Å²) in [6.07, 6.45) is 65.5. The van der Waals surface area contributed by atoms with Crippen molar-refractivity contribution in [2.24, 2.45) is 0 Å². The zero-order valence-corrected chi connectivity index (χ0v) is 41.6. The van der Waals surface area contributed by atoms with Crippen molar-refractivity contribution in [2.75, 3.05) is 19.8 Å². The minimum absolute atomic E-state index is 0.0810. The molecule has 0 aliphatic carbocycles. The van der Waals surface area contributed by atoms with E-state index in [1.807, 2.05) is 0 Å². The van der Waals surface area contributed by atoms with E-state index in [2.05, 4.69) is 69.4 Å². The molecular formula is C57H104O5. The Morgan fingerprint density at radius 1 is 0.371 bits per heavy atom. The van der Waals surface area contributed by atoms with Crippen LogP contribution in [0, 0.1) is 0 Å². The quantitative estimate of drug-likeness (QED) is 0.0346. The Morgan fingerprint density at radius 3 is 1.19 bits per heavy atom. The van der Waals surface area contributed by atoms with Crippen LogP contribution < -0.4 is 0 Å². The maximum atomic E-state index is 12.8. The van der Waals surface area contributed by atoms with Crippen LogP contribution in [-0.4, -0.2) is 37.9 Å². The smallest absolute Gasteiger partial charge is 0.306 e. The number of allylic oxidation sites excluding steroid dienone is 8. The van der Waals surface area contributed by atoms with Gasteiger partial charge in [0, 0.05) is 19.4 Å². The van der Waals surface area contributed by atoms with E-state index < -0.39 is 6.10 Å². The highest BCUT2D eigenvalue weighted by molar-refractivity contribution is 5.70. The summed E-state index contributed by atoms with van der Waals surface area (Å²) in [6, 6.07) is 0. The Bertz CT molecular complexity index is 1030. The fraction of sp³-hybridized carbons (Fsp3) is 0.825. The van der Waals surface area contributed by atoms with Crippen molar-refractivity contribution in [1.82, 2.24) is 0 Å². The molecule has 5 nitrogen and oxygen atoms in total. The van der Waals surface area contributed by atoms with E-state index >= 15 is 0 Å². The zero-order chi connectivity index (χ0) is 44.9. The van der Waals surface area contributed by atoms with Gasteiger partial charge in [-0.1, -0.05) is 236 Å². The van der Waals surface area contributed by atoms with Crippen LogP contribution in [-0.2, 0) is 23.8 Å². The van der Waals surface area contributed by atoms with Crippen LogP contribution in [0.15, 0.2) is 48.6 Å². The molecule has 62 heavy (non-hydrogen) atoms. The lowest BCUT2D eigenvalue weighted by atomic mass is 10.0. The van der Waals surface area contributed by atoms with E-state index in [1.165, 1.54) is 173 Å². The van der Waals surface area contributed by atoms with Gasteiger partial charge in [0.2, 0.25) is 0 Å². The van der Waals surface area contributed by atoms with Crippen molar-refractivity contribution in [3.63, 3.8) is 0 Å². The minimum atomic E-state index is -0.540. The molecule has 0 aliphatic rings. The van der Waals surface area contributed by atoms with Crippen LogP contribution >= 0.6 is 0 Å². The van der Waals surface area contributed by atoms with Gasteiger partial charge in [0.05, 0.1) is 6.61 Å². The zero-order valence-electron chi connectivity index (χ0n) is 41.6. The van der Waals surface area contributed by atoms with E-state index in [4.69, 9.17) is 14.2 Å². The SMILES string of the molecule is CC/C=C\C/C=C\C/C=C\CCCCCCCCCC(=O)OCC(COCCCCCCCC/C=C\CCCCCC)OC(=O)CCCCCCCCCCCCCCCCC. The molecule has 0 aliphatic heterocycles. The van der Waals surface area contributed by atoms with Crippen LogP contribution in [0.2, 0.25) is 0 Å². The molecule has 0 bridgehead atoms. The Morgan fingerprint density at radius 2 is 0.726 bits per heavy atom. The monoisotopic (exact) mass is 869 g/mol. The van der Waals surface area contributed by atoms with Gasteiger partial charge in [0.25, 0.3) is 0 Å². The second kappa shape index (κ2) is 53.2. The summed E-state index contributed by atoms with van der Waals surface area (Å²) in [4.78, 5) is 25.4.